The Morgan fingerprint density at radius 3 is 1.41 bits per heavy atom. The zero-order valence-corrected chi connectivity index (χ0v) is 15.8. The molecule has 0 N–H and O–H groups in total. The highest BCUT2D eigenvalue weighted by Crippen LogP contribution is 2.19. The molecule has 0 spiro atoms. The average Bonchev–Trinajstić information content (AvgIpc) is 2.74. The van der Waals surface area contributed by atoms with Gasteiger partial charge < -0.3 is 0 Å². The predicted octanol–water partition coefficient (Wildman–Crippen LogP) is 3.37. The molecule has 0 aliphatic heterocycles. The second-order valence-corrected chi connectivity index (χ2v) is 6.21. The van der Waals surface area contributed by atoms with Crippen molar-refractivity contribution in [3.63, 3.8) is 0 Å². The van der Waals surface area contributed by atoms with Gasteiger partial charge in [-0.05, 0) is 36.4 Å². The minimum absolute atomic E-state index is 0.0578. The SMILES string of the molecule is CC(=O)c1cccc(C(=O)N(C(=O)c2cccc(C(C)=O)n2)c2ccccc2)n1. The summed E-state index contributed by atoms with van der Waals surface area (Å²) in [4.78, 5) is 58.7. The zero-order chi connectivity index (χ0) is 21.0. The van der Waals surface area contributed by atoms with Crippen LogP contribution in [-0.4, -0.2) is 33.3 Å². The number of hydrogen-bond acceptors (Lipinski definition) is 6. The second-order valence-electron chi connectivity index (χ2n) is 6.21. The van der Waals surface area contributed by atoms with Gasteiger partial charge in [0.1, 0.15) is 22.8 Å². The van der Waals surface area contributed by atoms with Gasteiger partial charge >= 0.3 is 0 Å². The van der Waals surface area contributed by atoms with E-state index in [0.29, 0.717) is 5.69 Å². The monoisotopic (exact) mass is 387 g/mol. The molecule has 7 heteroatoms. The number of ketones is 2. The molecule has 0 unspecified atom stereocenters. The van der Waals surface area contributed by atoms with Crippen molar-refractivity contribution in [3.05, 3.63) is 89.5 Å². The fourth-order valence-electron chi connectivity index (χ4n) is 2.63. The van der Waals surface area contributed by atoms with E-state index in [4.69, 9.17) is 0 Å². The van der Waals surface area contributed by atoms with Gasteiger partial charge in [-0.15, -0.1) is 0 Å². The molecule has 0 saturated heterocycles. The fraction of sp³-hybridized carbons (Fsp3) is 0.0909. The standard InChI is InChI=1S/C22H17N3O4/c1-14(26)17-10-6-12-19(23-17)21(28)25(16-8-4-3-5-9-16)22(29)20-13-7-11-18(24-20)15(2)27/h3-13H,1-2H3. The molecule has 0 aliphatic rings. The lowest BCUT2D eigenvalue weighted by molar-refractivity contribution is 0.0892. The van der Waals surface area contributed by atoms with E-state index < -0.39 is 11.8 Å². The highest BCUT2D eigenvalue weighted by atomic mass is 16.2. The molecule has 144 valence electrons. The van der Waals surface area contributed by atoms with E-state index in [1.54, 1.807) is 30.3 Å². The third-order valence-corrected chi connectivity index (χ3v) is 4.08. The lowest BCUT2D eigenvalue weighted by atomic mass is 10.2. The molecular weight excluding hydrogens is 370 g/mol. The van der Waals surface area contributed by atoms with E-state index in [9.17, 15) is 19.2 Å². The van der Waals surface area contributed by atoms with Crippen LogP contribution in [0.1, 0.15) is 55.8 Å². The summed E-state index contributed by atoms with van der Waals surface area (Å²) in [7, 11) is 0. The number of carbonyl (C=O) groups is 4. The van der Waals surface area contributed by atoms with Gasteiger partial charge in [0.25, 0.3) is 11.8 Å². The van der Waals surface area contributed by atoms with Crippen molar-refractivity contribution < 1.29 is 19.2 Å². The molecule has 0 fully saturated rings. The Morgan fingerprint density at radius 1 is 0.586 bits per heavy atom. The number of aromatic nitrogens is 2. The second kappa shape index (κ2) is 8.35. The number of imide groups is 1. The third kappa shape index (κ3) is 4.30. The highest BCUT2D eigenvalue weighted by Gasteiger charge is 2.28. The molecule has 0 saturated carbocycles. The number of amides is 2. The van der Waals surface area contributed by atoms with Crippen LogP contribution in [0.3, 0.4) is 0 Å². The lowest BCUT2D eigenvalue weighted by Crippen LogP contribution is -2.38. The molecule has 0 radical (unpaired) electrons. The van der Waals surface area contributed by atoms with Crippen molar-refractivity contribution in [1.82, 2.24) is 9.97 Å². The van der Waals surface area contributed by atoms with Crippen molar-refractivity contribution in [2.75, 3.05) is 4.90 Å². The number of benzene rings is 1. The Hall–Kier alpha value is -4.00. The van der Waals surface area contributed by atoms with E-state index in [2.05, 4.69) is 9.97 Å². The maximum atomic E-state index is 13.2. The lowest BCUT2D eigenvalue weighted by Gasteiger charge is -2.20. The van der Waals surface area contributed by atoms with Crippen LogP contribution in [0.5, 0.6) is 0 Å². The van der Waals surface area contributed by atoms with Gasteiger partial charge in [-0.3, -0.25) is 19.2 Å². The van der Waals surface area contributed by atoms with Crippen LogP contribution in [0.2, 0.25) is 0 Å². The molecule has 3 aromatic rings. The van der Waals surface area contributed by atoms with Crippen molar-refractivity contribution in [2.45, 2.75) is 13.8 Å². The highest BCUT2D eigenvalue weighted by molar-refractivity contribution is 6.25. The summed E-state index contributed by atoms with van der Waals surface area (Å²) < 4.78 is 0. The summed E-state index contributed by atoms with van der Waals surface area (Å²) in [6.45, 7) is 2.68. The van der Waals surface area contributed by atoms with Crippen LogP contribution in [-0.2, 0) is 0 Å². The first-order chi connectivity index (χ1) is 13.9. The first-order valence-corrected chi connectivity index (χ1v) is 8.78. The Bertz CT molecular complexity index is 1040. The number of Topliss-reactive ketones (excluding diaryl/α,β-unsaturated/α-hetero) is 2. The van der Waals surface area contributed by atoms with E-state index in [1.165, 1.54) is 50.2 Å². The Morgan fingerprint density at radius 2 is 1.00 bits per heavy atom. The van der Waals surface area contributed by atoms with Crippen molar-refractivity contribution in [3.8, 4) is 0 Å². The summed E-state index contributed by atoms with van der Waals surface area (Å²) in [5, 5.41) is 0. The van der Waals surface area contributed by atoms with E-state index in [-0.39, 0.29) is 34.3 Å². The topological polar surface area (TPSA) is 97.3 Å². The molecule has 2 amide bonds. The number of para-hydroxylation sites is 1. The minimum Gasteiger partial charge on any atom is -0.293 e. The summed E-state index contributed by atoms with van der Waals surface area (Å²) >= 11 is 0. The number of nitrogens with zero attached hydrogens (tertiary/aromatic N) is 3. The quantitative estimate of drug-likeness (QED) is 0.492. The molecule has 3 rings (SSSR count). The molecule has 0 bridgehead atoms. The molecule has 0 atom stereocenters. The molecular formula is C22H17N3O4. The van der Waals surface area contributed by atoms with Gasteiger partial charge in [0.05, 0.1) is 5.69 Å². The minimum atomic E-state index is -0.709. The van der Waals surface area contributed by atoms with Gasteiger partial charge in [0.15, 0.2) is 11.6 Å². The van der Waals surface area contributed by atoms with Gasteiger partial charge in [-0.1, -0.05) is 30.3 Å². The van der Waals surface area contributed by atoms with Gasteiger partial charge in [0, 0.05) is 13.8 Å². The zero-order valence-electron chi connectivity index (χ0n) is 15.8. The molecule has 29 heavy (non-hydrogen) atoms. The van der Waals surface area contributed by atoms with Gasteiger partial charge in [-0.25, -0.2) is 14.9 Å². The predicted molar refractivity (Wildman–Crippen MR) is 106 cm³/mol. The Kier molecular flexibility index (Phi) is 5.69. The number of carbonyl (C=O) groups excluding carboxylic acids is 4. The first-order valence-electron chi connectivity index (χ1n) is 8.78. The van der Waals surface area contributed by atoms with Crippen LogP contribution in [0.4, 0.5) is 5.69 Å². The molecule has 7 nitrogen and oxygen atoms in total. The maximum Gasteiger partial charge on any atom is 0.283 e. The number of anilines is 1. The summed E-state index contributed by atoms with van der Waals surface area (Å²) in [5.41, 5.74) is 0.434. The fourth-order valence-corrected chi connectivity index (χ4v) is 2.63. The average molecular weight is 387 g/mol. The summed E-state index contributed by atoms with van der Waals surface area (Å²) in [6.07, 6.45) is 0. The molecule has 2 heterocycles. The Balaban J connectivity index is 2.08. The van der Waals surface area contributed by atoms with Crippen molar-refractivity contribution >= 4 is 29.1 Å². The molecule has 0 aliphatic carbocycles. The van der Waals surface area contributed by atoms with Crippen LogP contribution in [0, 0.1) is 0 Å². The van der Waals surface area contributed by atoms with Gasteiger partial charge in [0.2, 0.25) is 0 Å². The smallest absolute Gasteiger partial charge is 0.283 e. The normalized spacial score (nSPS) is 10.3. The van der Waals surface area contributed by atoms with E-state index in [0.717, 1.165) is 4.90 Å². The number of pyridine rings is 2. The van der Waals surface area contributed by atoms with Crippen LogP contribution < -0.4 is 4.90 Å². The first kappa shape index (κ1) is 19.8. The van der Waals surface area contributed by atoms with Crippen LogP contribution >= 0.6 is 0 Å². The molecule has 2 aromatic heterocycles. The summed E-state index contributed by atoms with van der Waals surface area (Å²) in [5.74, 6) is -2.01. The number of rotatable bonds is 5. The van der Waals surface area contributed by atoms with Crippen LogP contribution in [0.25, 0.3) is 0 Å². The summed E-state index contributed by atoms with van der Waals surface area (Å²) in [6, 6.07) is 17.2. The van der Waals surface area contributed by atoms with Crippen molar-refractivity contribution in [1.29, 1.82) is 0 Å². The Labute approximate surface area is 167 Å². The number of hydrogen-bond donors (Lipinski definition) is 0. The molecule has 1 aromatic carbocycles. The maximum absolute atomic E-state index is 13.2. The third-order valence-electron chi connectivity index (χ3n) is 4.08. The van der Waals surface area contributed by atoms with Crippen molar-refractivity contribution in [2.24, 2.45) is 0 Å². The van der Waals surface area contributed by atoms with E-state index >= 15 is 0 Å². The largest absolute Gasteiger partial charge is 0.293 e. The van der Waals surface area contributed by atoms with Crippen LogP contribution in [0.15, 0.2) is 66.7 Å². The van der Waals surface area contributed by atoms with E-state index in [1.807, 2.05) is 0 Å². The van der Waals surface area contributed by atoms with Gasteiger partial charge in [-0.2, -0.15) is 0 Å².